The summed E-state index contributed by atoms with van der Waals surface area (Å²) in [6.45, 7) is 7.30. The number of rotatable bonds is 4. The van der Waals surface area contributed by atoms with Crippen molar-refractivity contribution in [1.29, 1.82) is 0 Å². The van der Waals surface area contributed by atoms with Crippen LogP contribution in [0.5, 0.6) is 0 Å². The summed E-state index contributed by atoms with van der Waals surface area (Å²) in [7, 11) is 2.28. The fourth-order valence-corrected chi connectivity index (χ4v) is 6.12. The standard InChI is InChI=1S/C21H30N4S2/c1-5-25(6-2)21(26)22-13-10-15-14-8-7-9-17-19(14)16(20(23-17)27-4)11-18(15)24(3)12-13/h7-9,13,15,18,23H,5-6,10-12H2,1-4H3,(H,22,26)/t13-,15?,18+/m0/s1. The van der Waals surface area contributed by atoms with Crippen molar-refractivity contribution in [2.75, 3.05) is 32.9 Å². The molecule has 0 bridgehead atoms. The van der Waals surface area contributed by atoms with Gasteiger partial charge in [-0.2, -0.15) is 0 Å². The van der Waals surface area contributed by atoms with Gasteiger partial charge in [0, 0.05) is 48.5 Å². The summed E-state index contributed by atoms with van der Waals surface area (Å²) in [5.41, 5.74) is 4.33. The highest BCUT2D eigenvalue weighted by Crippen LogP contribution is 2.45. The van der Waals surface area contributed by atoms with Crippen LogP contribution in [0.2, 0.25) is 0 Å². The molecule has 1 aromatic carbocycles. The van der Waals surface area contributed by atoms with E-state index < -0.39 is 0 Å². The largest absolute Gasteiger partial charge is 0.359 e. The maximum atomic E-state index is 5.67. The number of aromatic amines is 1. The molecule has 27 heavy (non-hydrogen) atoms. The number of nitrogens with one attached hydrogen (secondary N) is 2. The average molecular weight is 403 g/mol. The SMILES string of the molecule is CCN(CC)C(=S)N[C@H]1CC2c3cccc4[nH]c(SC)c(c34)C[C@H]2N(C)C1. The van der Waals surface area contributed by atoms with E-state index >= 15 is 0 Å². The minimum atomic E-state index is 0.403. The Morgan fingerprint density at radius 3 is 2.85 bits per heavy atom. The first-order chi connectivity index (χ1) is 13.1. The van der Waals surface area contributed by atoms with Crippen molar-refractivity contribution < 1.29 is 0 Å². The first kappa shape index (κ1) is 19.1. The second kappa shape index (κ2) is 7.64. The van der Waals surface area contributed by atoms with E-state index in [4.69, 9.17) is 12.2 Å². The lowest BCUT2D eigenvalue weighted by molar-refractivity contribution is 0.133. The third kappa shape index (κ3) is 3.26. The van der Waals surface area contributed by atoms with E-state index in [9.17, 15) is 0 Å². The van der Waals surface area contributed by atoms with Crippen molar-refractivity contribution in [1.82, 2.24) is 20.1 Å². The minimum absolute atomic E-state index is 0.403. The number of nitrogens with zero attached hydrogens (tertiary/aromatic N) is 2. The Balaban J connectivity index is 1.64. The number of H-pyrrole nitrogens is 1. The molecular weight excluding hydrogens is 372 g/mol. The first-order valence-electron chi connectivity index (χ1n) is 10.00. The van der Waals surface area contributed by atoms with E-state index in [2.05, 4.69) is 65.5 Å². The van der Waals surface area contributed by atoms with Crippen molar-refractivity contribution in [3.8, 4) is 0 Å². The molecule has 0 spiro atoms. The summed E-state index contributed by atoms with van der Waals surface area (Å²) >= 11 is 7.51. The number of piperidine rings is 1. The molecule has 0 amide bonds. The third-order valence-corrected chi connectivity index (χ3v) is 7.53. The normalized spacial score (nSPS) is 24.7. The molecule has 4 rings (SSSR count). The van der Waals surface area contributed by atoms with Gasteiger partial charge < -0.3 is 20.1 Å². The average Bonchev–Trinajstić information content (AvgIpc) is 3.03. The fraction of sp³-hybridized carbons (Fsp3) is 0.571. The first-order valence-corrected chi connectivity index (χ1v) is 11.6. The maximum absolute atomic E-state index is 5.67. The molecule has 1 fully saturated rings. The lowest BCUT2D eigenvalue weighted by atomic mass is 9.74. The Kier molecular flexibility index (Phi) is 5.41. The summed E-state index contributed by atoms with van der Waals surface area (Å²) in [6.07, 6.45) is 4.46. The Bertz CT molecular complexity index is 842. The number of thioether (sulfide) groups is 1. The molecule has 2 N–H and O–H groups in total. The van der Waals surface area contributed by atoms with Crippen LogP contribution in [0.4, 0.5) is 0 Å². The van der Waals surface area contributed by atoms with Gasteiger partial charge in [0.05, 0.1) is 5.03 Å². The van der Waals surface area contributed by atoms with Crippen molar-refractivity contribution in [2.24, 2.45) is 0 Å². The van der Waals surface area contributed by atoms with E-state index in [1.54, 1.807) is 0 Å². The molecule has 3 atom stereocenters. The van der Waals surface area contributed by atoms with Gasteiger partial charge in [0.25, 0.3) is 0 Å². The van der Waals surface area contributed by atoms with E-state index in [0.717, 1.165) is 37.6 Å². The molecule has 2 aromatic rings. The number of aromatic nitrogens is 1. The number of likely N-dealkylation sites (N-methyl/N-ethyl adjacent to an activating group) is 1. The van der Waals surface area contributed by atoms with Crippen molar-refractivity contribution in [3.05, 3.63) is 29.3 Å². The summed E-state index contributed by atoms with van der Waals surface area (Å²) < 4.78 is 0. The number of benzene rings is 1. The summed E-state index contributed by atoms with van der Waals surface area (Å²) in [4.78, 5) is 8.43. The van der Waals surface area contributed by atoms with Crippen LogP contribution >= 0.6 is 24.0 Å². The number of fused-ring (bicyclic) bond motifs is 2. The van der Waals surface area contributed by atoms with Crippen molar-refractivity contribution >= 4 is 40.0 Å². The third-order valence-electron chi connectivity index (χ3n) is 6.39. The molecule has 1 aliphatic carbocycles. The second-order valence-electron chi connectivity index (χ2n) is 7.78. The van der Waals surface area contributed by atoms with Gasteiger partial charge in [0.15, 0.2) is 5.11 Å². The Morgan fingerprint density at radius 2 is 2.15 bits per heavy atom. The van der Waals surface area contributed by atoms with Crippen LogP contribution < -0.4 is 5.32 Å². The molecule has 0 radical (unpaired) electrons. The number of thiocarbonyl (C=S) groups is 1. The fourth-order valence-electron chi connectivity index (χ4n) is 5.05. The molecule has 1 saturated heterocycles. The maximum Gasteiger partial charge on any atom is 0.169 e. The van der Waals surface area contributed by atoms with E-state index in [0.29, 0.717) is 18.0 Å². The zero-order valence-electron chi connectivity index (χ0n) is 16.7. The van der Waals surface area contributed by atoms with Gasteiger partial charge >= 0.3 is 0 Å². The van der Waals surface area contributed by atoms with Crippen LogP contribution in [0.1, 0.15) is 37.3 Å². The molecule has 146 valence electrons. The molecule has 4 nitrogen and oxygen atoms in total. The van der Waals surface area contributed by atoms with E-state index in [-0.39, 0.29) is 0 Å². The molecule has 0 saturated carbocycles. The van der Waals surface area contributed by atoms with Crippen LogP contribution in [0.25, 0.3) is 10.9 Å². The number of likely N-dealkylation sites (tertiary alicyclic amines) is 1. The summed E-state index contributed by atoms with van der Waals surface area (Å²) in [5.74, 6) is 0.558. The van der Waals surface area contributed by atoms with Crippen LogP contribution in [0.15, 0.2) is 23.2 Å². The highest BCUT2D eigenvalue weighted by Gasteiger charge is 2.40. The van der Waals surface area contributed by atoms with Gasteiger partial charge in [-0.15, -0.1) is 11.8 Å². The molecule has 1 aromatic heterocycles. The molecule has 1 aliphatic heterocycles. The van der Waals surface area contributed by atoms with Crippen LogP contribution in [0, 0.1) is 0 Å². The predicted octanol–water partition coefficient (Wildman–Crippen LogP) is 3.82. The van der Waals surface area contributed by atoms with Gasteiger partial charge in [0.2, 0.25) is 0 Å². The summed E-state index contributed by atoms with van der Waals surface area (Å²) in [5, 5.41) is 7.38. The smallest absolute Gasteiger partial charge is 0.169 e. The van der Waals surface area contributed by atoms with Gasteiger partial charge in [-0.05, 0) is 69.4 Å². The van der Waals surface area contributed by atoms with Gasteiger partial charge in [0.1, 0.15) is 0 Å². The van der Waals surface area contributed by atoms with Crippen LogP contribution in [-0.4, -0.2) is 64.9 Å². The zero-order chi connectivity index (χ0) is 19.1. The highest BCUT2D eigenvalue weighted by molar-refractivity contribution is 7.98. The molecule has 1 unspecified atom stereocenters. The van der Waals surface area contributed by atoms with Gasteiger partial charge in [-0.1, -0.05) is 12.1 Å². The predicted molar refractivity (Wildman–Crippen MR) is 120 cm³/mol. The van der Waals surface area contributed by atoms with Gasteiger partial charge in [-0.25, -0.2) is 0 Å². The molecule has 6 heteroatoms. The van der Waals surface area contributed by atoms with Crippen molar-refractivity contribution in [3.63, 3.8) is 0 Å². The highest BCUT2D eigenvalue weighted by atomic mass is 32.2. The van der Waals surface area contributed by atoms with Crippen molar-refractivity contribution in [2.45, 2.75) is 49.7 Å². The second-order valence-corrected chi connectivity index (χ2v) is 8.98. The monoisotopic (exact) mass is 402 g/mol. The Labute approximate surface area is 172 Å². The van der Waals surface area contributed by atoms with Crippen LogP contribution in [0.3, 0.4) is 0 Å². The zero-order valence-corrected chi connectivity index (χ0v) is 18.3. The molecular formula is C21H30N4S2. The quantitative estimate of drug-likeness (QED) is 0.600. The Hall–Kier alpha value is -1.24. The lowest BCUT2D eigenvalue weighted by Gasteiger charge is -2.46. The topological polar surface area (TPSA) is 34.3 Å². The minimum Gasteiger partial charge on any atom is -0.359 e. The molecule has 2 aliphatic rings. The van der Waals surface area contributed by atoms with E-state index in [1.807, 2.05) is 11.8 Å². The van der Waals surface area contributed by atoms with E-state index in [1.165, 1.54) is 27.1 Å². The number of hydrogen-bond donors (Lipinski definition) is 2. The molecule has 2 heterocycles. The summed E-state index contributed by atoms with van der Waals surface area (Å²) in [6, 6.07) is 7.76. The number of hydrogen-bond acceptors (Lipinski definition) is 3. The van der Waals surface area contributed by atoms with Crippen LogP contribution in [-0.2, 0) is 6.42 Å². The lowest BCUT2D eigenvalue weighted by Crippen LogP contribution is -2.56. The Morgan fingerprint density at radius 1 is 1.37 bits per heavy atom. The van der Waals surface area contributed by atoms with Gasteiger partial charge in [-0.3, -0.25) is 0 Å².